The van der Waals surface area contributed by atoms with E-state index in [4.69, 9.17) is 5.11 Å². The number of aromatic nitrogens is 1. The number of thioether (sulfide) groups is 1. The fraction of sp³-hybridized carbons (Fsp3) is 0.0741. The number of pyridine rings is 1. The Balaban J connectivity index is 1.67. The van der Waals surface area contributed by atoms with Crippen LogP contribution < -0.4 is 5.32 Å². The molecular weight excluding hydrogens is 432 g/mol. The topological polar surface area (TPSA) is 79.3 Å². The number of amides is 1. The highest BCUT2D eigenvalue weighted by molar-refractivity contribution is 7.98. The molecule has 33 heavy (non-hydrogen) atoms. The normalized spacial score (nSPS) is 10.6. The van der Waals surface area contributed by atoms with E-state index in [1.165, 1.54) is 0 Å². The number of nitrogens with one attached hydrogen (secondary N) is 1. The highest BCUT2D eigenvalue weighted by Crippen LogP contribution is 2.30. The van der Waals surface area contributed by atoms with Crippen molar-refractivity contribution in [3.05, 3.63) is 102 Å². The molecule has 5 nitrogen and oxygen atoms in total. The van der Waals surface area contributed by atoms with Crippen LogP contribution in [0.1, 0.15) is 15.9 Å². The molecular formula is C27H22N2O3S. The second-order valence-corrected chi connectivity index (χ2v) is 8.31. The molecule has 0 spiro atoms. The minimum Gasteiger partial charge on any atom is -0.481 e. The molecule has 0 radical (unpaired) electrons. The van der Waals surface area contributed by atoms with Crippen molar-refractivity contribution in [1.29, 1.82) is 0 Å². The minimum absolute atomic E-state index is 0.0715. The summed E-state index contributed by atoms with van der Waals surface area (Å²) in [6.45, 7) is 0. The average Bonchev–Trinajstić information content (AvgIpc) is 2.84. The SMILES string of the molecule is CSc1ccc(C(=O)Nc2cccc(-c3ccccn3)c2)c(-c2cccc(CC(=O)O)c2)c1. The Kier molecular flexibility index (Phi) is 6.86. The van der Waals surface area contributed by atoms with Crippen LogP contribution in [0.25, 0.3) is 22.4 Å². The molecule has 1 heterocycles. The van der Waals surface area contributed by atoms with Gasteiger partial charge in [0.25, 0.3) is 5.91 Å². The van der Waals surface area contributed by atoms with Gasteiger partial charge in [-0.3, -0.25) is 14.6 Å². The molecule has 0 saturated carbocycles. The average molecular weight is 455 g/mol. The molecule has 6 heteroatoms. The molecule has 164 valence electrons. The van der Waals surface area contributed by atoms with Crippen LogP contribution in [0.4, 0.5) is 5.69 Å². The third kappa shape index (κ3) is 5.48. The molecule has 1 amide bonds. The first-order valence-corrected chi connectivity index (χ1v) is 11.6. The molecule has 4 aromatic rings. The van der Waals surface area contributed by atoms with Crippen molar-refractivity contribution in [3.8, 4) is 22.4 Å². The van der Waals surface area contributed by atoms with Gasteiger partial charge >= 0.3 is 5.97 Å². The number of carboxylic acid groups (broad SMARTS) is 1. The van der Waals surface area contributed by atoms with Gasteiger partial charge in [0, 0.05) is 27.9 Å². The van der Waals surface area contributed by atoms with Crippen molar-refractivity contribution in [2.75, 3.05) is 11.6 Å². The number of carbonyl (C=O) groups is 2. The Labute approximate surface area is 196 Å². The third-order valence-electron chi connectivity index (χ3n) is 5.15. The number of hydrogen-bond donors (Lipinski definition) is 2. The summed E-state index contributed by atoms with van der Waals surface area (Å²) >= 11 is 1.58. The van der Waals surface area contributed by atoms with Crippen LogP contribution >= 0.6 is 11.8 Å². The lowest BCUT2D eigenvalue weighted by Gasteiger charge is -2.13. The Bertz CT molecular complexity index is 1310. The van der Waals surface area contributed by atoms with E-state index in [1.54, 1.807) is 24.0 Å². The Morgan fingerprint density at radius 2 is 1.73 bits per heavy atom. The zero-order chi connectivity index (χ0) is 23.2. The van der Waals surface area contributed by atoms with Crippen molar-refractivity contribution in [1.82, 2.24) is 4.98 Å². The maximum absolute atomic E-state index is 13.3. The van der Waals surface area contributed by atoms with Gasteiger partial charge in [-0.05, 0) is 65.4 Å². The second-order valence-electron chi connectivity index (χ2n) is 7.43. The van der Waals surface area contributed by atoms with E-state index in [0.717, 1.165) is 27.3 Å². The summed E-state index contributed by atoms with van der Waals surface area (Å²) in [7, 11) is 0. The number of aliphatic carboxylic acids is 1. The lowest BCUT2D eigenvalue weighted by Crippen LogP contribution is -2.13. The summed E-state index contributed by atoms with van der Waals surface area (Å²) in [5.74, 6) is -1.13. The maximum atomic E-state index is 13.3. The van der Waals surface area contributed by atoms with Crippen molar-refractivity contribution in [2.24, 2.45) is 0 Å². The molecule has 3 aromatic carbocycles. The van der Waals surface area contributed by atoms with E-state index in [1.807, 2.05) is 85.1 Å². The number of anilines is 1. The summed E-state index contributed by atoms with van der Waals surface area (Å²) in [4.78, 5) is 29.8. The summed E-state index contributed by atoms with van der Waals surface area (Å²) in [6, 6.07) is 26.3. The quantitative estimate of drug-likeness (QED) is 0.334. The van der Waals surface area contributed by atoms with Gasteiger partial charge in [-0.2, -0.15) is 0 Å². The van der Waals surface area contributed by atoms with E-state index in [-0.39, 0.29) is 12.3 Å². The molecule has 0 fully saturated rings. The summed E-state index contributed by atoms with van der Waals surface area (Å²) in [6.07, 6.45) is 3.64. The zero-order valence-corrected chi connectivity index (χ0v) is 18.8. The molecule has 4 rings (SSSR count). The Hall–Kier alpha value is -3.90. The highest BCUT2D eigenvalue weighted by atomic mass is 32.2. The van der Waals surface area contributed by atoms with Gasteiger partial charge in [0.2, 0.25) is 0 Å². The first kappa shape index (κ1) is 22.3. The van der Waals surface area contributed by atoms with Gasteiger partial charge in [0.1, 0.15) is 0 Å². The second kappa shape index (κ2) is 10.1. The fourth-order valence-corrected chi connectivity index (χ4v) is 4.04. The van der Waals surface area contributed by atoms with Crippen LogP contribution in [-0.4, -0.2) is 28.2 Å². The lowest BCUT2D eigenvalue weighted by atomic mass is 9.96. The molecule has 0 aliphatic rings. The molecule has 0 aliphatic heterocycles. The smallest absolute Gasteiger partial charge is 0.307 e. The van der Waals surface area contributed by atoms with Gasteiger partial charge in [-0.1, -0.05) is 42.5 Å². The summed E-state index contributed by atoms with van der Waals surface area (Å²) in [5.41, 5.74) is 5.17. The zero-order valence-electron chi connectivity index (χ0n) is 18.0. The number of benzene rings is 3. The van der Waals surface area contributed by atoms with E-state index < -0.39 is 5.97 Å². The van der Waals surface area contributed by atoms with Crippen LogP contribution in [0.5, 0.6) is 0 Å². The molecule has 0 saturated heterocycles. The van der Waals surface area contributed by atoms with Gasteiger partial charge in [0.15, 0.2) is 0 Å². The predicted molar refractivity (Wildman–Crippen MR) is 133 cm³/mol. The first-order chi connectivity index (χ1) is 16.0. The van der Waals surface area contributed by atoms with Crippen LogP contribution in [0, 0.1) is 0 Å². The van der Waals surface area contributed by atoms with Crippen molar-refractivity contribution < 1.29 is 14.7 Å². The highest BCUT2D eigenvalue weighted by Gasteiger charge is 2.15. The van der Waals surface area contributed by atoms with Crippen LogP contribution in [0.2, 0.25) is 0 Å². The predicted octanol–water partition coefficient (Wildman–Crippen LogP) is 6.02. The van der Waals surface area contributed by atoms with Gasteiger partial charge < -0.3 is 10.4 Å². The fourth-order valence-electron chi connectivity index (χ4n) is 3.60. The standard InChI is InChI=1S/C27H22N2O3S/c1-33-22-11-12-23(24(17-22)19-7-4-6-18(14-19)15-26(30)31)27(32)29-21-9-5-8-20(16-21)25-10-2-3-13-28-25/h2-14,16-17H,15H2,1H3,(H,29,32)(H,30,31). The molecule has 0 unspecified atom stereocenters. The Morgan fingerprint density at radius 1 is 0.909 bits per heavy atom. The molecule has 2 N–H and O–H groups in total. The van der Waals surface area contributed by atoms with Crippen molar-refractivity contribution in [3.63, 3.8) is 0 Å². The number of carbonyl (C=O) groups excluding carboxylic acids is 1. The first-order valence-electron chi connectivity index (χ1n) is 10.4. The number of carboxylic acids is 1. The monoisotopic (exact) mass is 454 g/mol. The largest absolute Gasteiger partial charge is 0.481 e. The molecule has 0 bridgehead atoms. The van der Waals surface area contributed by atoms with E-state index in [9.17, 15) is 9.59 Å². The minimum atomic E-state index is -0.893. The van der Waals surface area contributed by atoms with Crippen LogP contribution in [-0.2, 0) is 11.2 Å². The van der Waals surface area contributed by atoms with E-state index >= 15 is 0 Å². The third-order valence-corrected chi connectivity index (χ3v) is 5.87. The lowest BCUT2D eigenvalue weighted by molar-refractivity contribution is -0.136. The van der Waals surface area contributed by atoms with Gasteiger partial charge in [0.05, 0.1) is 12.1 Å². The summed E-state index contributed by atoms with van der Waals surface area (Å²) in [5, 5.41) is 12.1. The van der Waals surface area contributed by atoms with Gasteiger partial charge in [-0.25, -0.2) is 0 Å². The van der Waals surface area contributed by atoms with Crippen LogP contribution in [0.15, 0.2) is 96.0 Å². The van der Waals surface area contributed by atoms with Crippen LogP contribution in [0.3, 0.4) is 0 Å². The molecule has 1 aromatic heterocycles. The number of hydrogen-bond acceptors (Lipinski definition) is 4. The van der Waals surface area contributed by atoms with E-state index in [0.29, 0.717) is 16.8 Å². The Morgan fingerprint density at radius 3 is 2.48 bits per heavy atom. The van der Waals surface area contributed by atoms with Crippen molar-refractivity contribution in [2.45, 2.75) is 11.3 Å². The van der Waals surface area contributed by atoms with Crippen molar-refractivity contribution >= 4 is 29.3 Å². The number of nitrogens with zero attached hydrogens (tertiary/aromatic N) is 1. The summed E-state index contributed by atoms with van der Waals surface area (Å²) < 4.78 is 0. The number of rotatable bonds is 7. The van der Waals surface area contributed by atoms with Gasteiger partial charge in [-0.15, -0.1) is 11.8 Å². The molecule has 0 aliphatic carbocycles. The maximum Gasteiger partial charge on any atom is 0.307 e. The van der Waals surface area contributed by atoms with E-state index in [2.05, 4.69) is 10.3 Å². The molecule has 0 atom stereocenters.